The summed E-state index contributed by atoms with van der Waals surface area (Å²) >= 11 is 0. The van der Waals surface area contributed by atoms with Crippen molar-refractivity contribution in [1.82, 2.24) is 5.32 Å². The number of halogens is 1. The number of nitrogens with one attached hydrogen (secondary N) is 1. The molecule has 2 atom stereocenters. The molecule has 5 heteroatoms. The number of rotatable bonds is 2. The second-order valence-corrected chi connectivity index (χ2v) is 2.88. The van der Waals surface area contributed by atoms with Crippen LogP contribution in [0.2, 0.25) is 0 Å². The third-order valence-corrected chi connectivity index (χ3v) is 1.75. The summed E-state index contributed by atoms with van der Waals surface area (Å²) in [5.41, 5.74) is 0. The van der Waals surface area contributed by atoms with Gasteiger partial charge in [-0.1, -0.05) is 0 Å². The Morgan fingerprint density at radius 3 is 2.85 bits per heavy atom. The minimum Gasteiger partial charge on any atom is -0.464 e. The number of hydrogen-bond acceptors (Lipinski definition) is 4. The smallest absolute Gasteiger partial charge is 0.336 e. The Balaban J connectivity index is 0.00000144. The molecule has 0 aromatic rings. The molecule has 1 aliphatic rings. The lowest BCUT2D eigenvalue weighted by atomic mass is 10.2. The summed E-state index contributed by atoms with van der Waals surface area (Å²) in [7, 11) is 0. The first-order valence-electron chi connectivity index (χ1n) is 4.25. The molecule has 0 aromatic heterocycles. The van der Waals surface area contributed by atoms with Gasteiger partial charge in [-0.15, -0.1) is 12.4 Å². The van der Waals surface area contributed by atoms with E-state index in [4.69, 9.17) is 9.47 Å². The van der Waals surface area contributed by atoms with Crippen LogP contribution in [0.4, 0.5) is 0 Å². The first-order chi connectivity index (χ1) is 5.74. The third kappa shape index (κ3) is 3.93. The van der Waals surface area contributed by atoms with Crippen LogP contribution in [0.5, 0.6) is 0 Å². The van der Waals surface area contributed by atoms with Gasteiger partial charge >= 0.3 is 5.97 Å². The van der Waals surface area contributed by atoms with E-state index in [1.807, 2.05) is 6.92 Å². The van der Waals surface area contributed by atoms with Crippen molar-refractivity contribution < 1.29 is 14.3 Å². The second-order valence-electron chi connectivity index (χ2n) is 2.88. The Labute approximate surface area is 84.4 Å². The maximum Gasteiger partial charge on any atom is 0.336 e. The van der Waals surface area contributed by atoms with Crippen molar-refractivity contribution in [1.29, 1.82) is 0 Å². The standard InChI is InChI=1S/C8H15NO3.ClH/c1-3-11-8(10)7-4-9-6(2)5-12-7;/h6-7,9H,3-5H2,1-2H3;1H/t6-,7-;/m0./s1. The first kappa shape index (κ1) is 12.7. The fourth-order valence-electron chi connectivity index (χ4n) is 1.07. The molecule has 1 fully saturated rings. The average Bonchev–Trinajstić information content (AvgIpc) is 2.06. The van der Waals surface area contributed by atoms with E-state index in [9.17, 15) is 4.79 Å². The van der Waals surface area contributed by atoms with Crippen molar-refractivity contribution in [2.45, 2.75) is 26.0 Å². The molecule has 0 saturated carbocycles. The van der Waals surface area contributed by atoms with Crippen LogP contribution >= 0.6 is 12.4 Å². The largest absolute Gasteiger partial charge is 0.464 e. The Kier molecular flexibility index (Phi) is 6.03. The van der Waals surface area contributed by atoms with E-state index >= 15 is 0 Å². The highest BCUT2D eigenvalue weighted by molar-refractivity contribution is 5.85. The Morgan fingerprint density at radius 1 is 1.69 bits per heavy atom. The van der Waals surface area contributed by atoms with Gasteiger partial charge in [0.25, 0.3) is 0 Å². The lowest BCUT2D eigenvalue weighted by Crippen LogP contribution is -2.48. The minimum atomic E-state index is -0.416. The van der Waals surface area contributed by atoms with Crippen molar-refractivity contribution in [3.8, 4) is 0 Å². The van der Waals surface area contributed by atoms with Gasteiger partial charge < -0.3 is 14.8 Å². The highest BCUT2D eigenvalue weighted by atomic mass is 35.5. The Morgan fingerprint density at radius 2 is 2.38 bits per heavy atom. The van der Waals surface area contributed by atoms with Crippen LogP contribution < -0.4 is 5.32 Å². The van der Waals surface area contributed by atoms with Gasteiger partial charge in [-0.3, -0.25) is 0 Å². The van der Waals surface area contributed by atoms with Gasteiger partial charge in [-0.25, -0.2) is 4.79 Å². The van der Waals surface area contributed by atoms with Gasteiger partial charge in [-0.05, 0) is 13.8 Å². The maximum atomic E-state index is 11.1. The fraction of sp³-hybridized carbons (Fsp3) is 0.875. The summed E-state index contributed by atoms with van der Waals surface area (Å²) in [5.74, 6) is -0.267. The van der Waals surface area contributed by atoms with E-state index in [1.165, 1.54) is 0 Å². The summed E-state index contributed by atoms with van der Waals surface area (Å²) < 4.78 is 10.1. The molecule has 0 unspecified atom stereocenters. The van der Waals surface area contributed by atoms with Gasteiger partial charge in [0.1, 0.15) is 0 Å². The maximum absolute atomic E-state index is 11.1. The molecule has 1 N–H and O–H groups in total. The molecule has 1 rings (SSSR count). The predicted octanol–water partition coefficient (Wildman–Crippen LogP) is 0.348. The summed E-state index contributed by atoms with van der Waals surface area (Å²) in [5, 5.41) is 3.15. The zero-order chi connectivity index (χ0) is 8.97. The molecule has 0 aliphatic carbocycles. The molecule has 0 radical (unpaired) electrons. The van der Waals surface area contributed by atoms with Crippen molar-refractivity contribution in [3.63, 3.8) is 0 Å². The third-order valence-electron chi connectivity index (χ3n) is 1.75. The predicted molar refractivity (Wildman–Crippen MR) is 51.1 cm³/mol. The Bertz CT molecular complexity index is 157. The van der Waals surface area contributed by atoms with Crippen LogP contribution in [0.1, 0.15) is 13.8 Å². The number of morpholine rings is 1. The molecule has 1 heterocycles. The molecule has 0 aromatic carbocycles. The fourth-order valence-corrected chi connectivity index (χ4v) is 1.07. The van der Waals surface area contributed by atoms with E-state index in [1.54, 1.807) is 6.92 Å². The van der Waals surface area contributed by atoms with Gasteiger partial charge in [-0.2, -0.15) is 0 Å². The van der Waals surface area contributed by atoms with Crippen LogP contribution in [-0.4, -0.2) is 37.9 Å². The van der Waals surface area contributed by atoms with Crippen molar-refractivity contribution in [2.75, 3.05) is 19.8 Å². The SMILES string of the molecule is CCOC(=O)[C@@H]1CN[C@@H](C)CO1.Cl. The van der Waals surface area contributed by atoms with E-state index < -0.39 is 6.10 Å². The molecular weight excluding hydrogens is 194 g/mol. The van der Waals surface area contributed by atoms with Crippen LogP contribution in [0.15, 0.2) is 0 Å². The minimum absolute atomic E-state index is 0. The first-order valence-corrected chi connectivity index (χ1v) is 4.25. The summed E-state index contributed by atoms with van der Waals surface area (Å²) in [4.78, 5) is 11.1. The van der Waals surface area contributed by atoms with E-state index in [0.717, 1.165) is 0 Å². The van der Waals surface area contributed by atoms with Crippen LogP contribution in [0, 0.1) is 0 Å². The lowest BCUT2D eigenvalue weighted by molar-refractivity contribution is -0.159. The molecule has 0 spiro atoms. The van der Waals surface area contributed by atoms with E-state index in [2.05, 4.69) is 5.32 Å². The molecule has 0 amide bonds. The zero-order valence-corrected chi connectivity index (χ0v) is 8.73. The highest BCUT2D eigenvalue weighted by Gasteiger charge is 2.25. The molecule has 0 bridgehead atoms. The second kappa shape index (κ2) is 6.18. The molecule has 1 aliphatic heterocycles. The van der Waals surface area contributed by atoms with Crippen LogP contribution in [0.3, 0.4) is 0 Å². The number of hydrogen-bond donors (Lipinski definition) is 1. The monoisotopic (exact) mass is 209 g/mol. The summed E-state index contributed by atoms with van der Waals surface area (Å²) in [6.07, 6.45) is -0.416. The topological polar surface area (TPSA) is 47.6 Å². The average molecular weight is 210 g/mol. The van der Waals surface area contributed by atoms with Crippen LogP contribution in [0.25, 0.3) is 0 Å². The quantitative estimate of drug-likeness (QED) is 0.667. The number of esters is 1. The molecule has 13 heavy (non-hydrogen) atoms. The number of ether oxygens (including phenoxy) is 2. The number of carbonyl (C=O) groups is 1. The molecular formula is C8H16ClNO3. The summed E-state index contributed by atoms with van der Waals surface area (Å²) in [6, 6.07) is 0.329. The molecule has 4 nitrogen and oxygen atoms in total. The highest BCUT2D eigenvalue weighted by Crippen LogP contribution is 2.02. The van der Waals surface area contributed by atoms with Gasteiger partial charge in [0.15, 0.2) is 6.10 Å². The number of carbonyl (C=O) groups excluding carboxylic acids is 1. The zero-order valence-electron chi connectivity index (χ0n) is 7.91. The van der Waals surface area contributed by atoms with E-state index in [-0.39, 0.29) is 18.4 Å². The Hall–Kier alpha value is -0.320. The van der Waals surface area contributed by atoms with E-state index in [0.29, 0.717) is 25.8 Å². The van der Waals surface area contributed by atoms with Crippen LogP contribution in [-0.2, 0) is 14.3 Å². The molecule has 78 valence electrons. The van der Waals surface area contributed by atoms with Crippen molar-refractivity contribution >= 4 is 18.4 Å². The normalized spacial score (nSPS) is 27.5. The van der Waals surface area contributed by atoms with Gasteiger partial charge in [0.05, 0.1) is 13.2 Å². The van der Waals surface area contributed by atoms with Crippen molar-refractivity contribution in [3.05, 3.63) is 0 Å². The molecule has 1 saturated heterocycles. The van der Waals surface area contributed by atoms with Gasteiger partial charge in [0.2, 0.25) is 0 Å². The summed E-state index contributed by atoms with van der Waals surface area (Å²) in [6.45, 7) is 5.34. The van der Waals surface area contributed by atoms with Gasteiger partial charge in [0, 0.05) is 12.6 Å². The van der Waals surface area contributed by atoms with Crippen molar-refractivity contribution in [2.24, 2.45) is 0 Å². The lowest BCUT2D eigenvalue weighted by Gasteiger charge is -2.26.